The molecular weight excluding hydrogens is 240 g/mol. The molecule has 110 valence electrons. The maximum absolute atomic E-state index is 12.6. The van der Waals surface area contributed by atoms with Crippen LogP contribution in [0.2, 0.25) is 0 Å². The van der Waals surface area contributed by atoms with Crippen molar-refractivity contribution in [2.75, 3.05) is 26.2 Å². The Labute approximate surface area is 116 Å². The molecule has 4 heteroatoms. The Morgan fingerprint density at radius 3 is 2.95 bits per heavy atom. The maximum atomic E-state index is 12.6. The van der Waals surface area contributed by atoms with Gasteiger partial charge >= 0.3 is 0 Å². The Morgan fingerprint density at radius 1 is 1.47 bits per heavy atom. The van der Waals surface area contributed by atoms with Gasteiger partial charge in [0.15, 0.2) is 0 Å². The quantitative estimate of drug-likeness (QED) is 0.846. The fourth-order valence-corrected chi connectivity index (χ4v) is 3.33. The van der Waals surface area contributed by atoms with E-state index in [-0.39, 0.29) is 18.1 Å². The molecule has 2 fully saturated rings. The van der Waals surface area contributed by atoms with E-state index in [9.17, 15) is 4.79 Å². The lowest BCUT2D eigenvalue weighted by Crippen LogP contribution is -2.57. The molecule has 0 aliphatic carbocycles. The van der Waals surface area contributed by atoms with E-state index in [4.69, 9.17) is 4.74 Å². The van der Waals surface area contributed by atoms with Crippen molar-refractivity contribution in [2.45, 2.75) is 52.2 Å². The van der Waals surface area contributed by atoms with Gasteiger partial charge in [-0.3, -0.25) is 4.79 Å². The molecule has 2 rings (SSSR count). The monoisotopic (exact) mass is 268 g/mol. The van der Waals surface area contributed by atoms with Crippen molar-refractivity contribution < 1.29 is 9.53 Å². The zero-order chi connectivity index (χ0) is 13.8. The summed E-state index contributed by atoms with van der Waals surface area (Å²) in [5, 5.41) is 3.31. The topological polar surface area (TPSA) is 41.6 Å². The third-order valence-electron chi connectivity index (χ3n) is 4.22. The number of hydrogen-bond acceptors (Lipinski definition) is 3. The molecule has 0 aromatic heterocycles. The Balaban J connectivity index is 1.90. The van der Waals surface area contributed by atoms with Gasteiger partial charge in [0.2, 0.25) is 5.91 Å². The third-order valence-corrected chi connectivity index (χ3v) is 4.22. The van der Waals surface area contributed by atoms with Gasteiger partial charge in [0, 0.05) is 19.6 Å². The Kier molecular flexibility index (Phi) is 5.22. The number of piperidine rings is 1. The van der Waals surface area contributed by atoms with Crippen LogP contribution in [-0.4, -0.2) is 49.2 Å². The molecule has 19 heavy (non-hydrogen) atoms. The van der Waals surface area contributed by atoms with Gasteiger partial charge in [0.1, 0.15) is 6.04 Å². The van der Waals surface area contributed by atoms with Crippen LogP contribution in [0.25, 0.3) is 0 Å². The molecule has 2 aliphatic heterocycles. The van der Waals surface area contributed by atoms with Crippen molar-refractivity contribution in [3.8, 4) is 0 Å². The van der Waals surface area contributed by atoms with Gasteiger partial charge in [-0.1, -0.05) is 13.8 Å². The first kappa shape index (κ1) is 14.8. The number of likely N-dealkylation sites (tertiary alicyclic amines) is 1. The second kappa shape index (κ2) is 6.71. The van der Waals surface area contributed by atoms with Crippen LogP contribution < -0.4 is 5.32 Å². The summed E-state index contributed by atoms with van der Waals surface area (Å²) in [4.78, 5) is 14.6. The first-order valence-corrected chi connectivity index (χ1v) is 7.71. The van der Waals surface area contributed by atoms with Crippen LogP contribution in [0.1, 0.15) is 40.0 Å². The van der Waals surface area contributed by atoms with E-state index in [0.29, 0.717) is 12.5 Å². The predicted molar refractivity (Wildman–Crippen MR) is 76.0 cm³/mol. The molecule has 3 atom stereocenters. The van der Waals surface area contributed by atoms with Crippen LogP contribution in [0, 0.1) is 11.8 Å². The lowest BCUT2D eigenvalue weighted by molar-refractivity contribution is -0.141. The molecule has 1 unspecified atom stereocenters. The van der Waals surface area contributed by atoms with Gasteiger partial charge in [0.05, 0.1) is 12.7 Å². The van der Waals surface area contributed by atoms with Gasteiger partial charge in [-0.25, -0.2) is 0 Å². The number of nitrogens with one attached hydrogen (secondary N) is 1. The van der Waals surface area contributed by atoms with Crippen molar-refractivity contribution in [3.63, 3.8) is 0 Å². The van der Waals surface area contributed by atoms with Crippen LogP contribution >= 0.6 is 0 Å². The number of morpholine rings is 1. The van der Waals surface area contributed by atoms with Crippen LogP contribution in [0.4, 0.5) is 0 Å². The van der Waals surface area contributed by atoms with Crippen LogP contribution in [-0.2, 0) is 9.53 Å². The highest BCUT2D eigenvalue weighted by Crippen LogP contribution is 2.24. The number of carbonyl (C=O) groups is 1. The molecule has 0 bridgehead atoms. The normalized spacial score (nSPS) is 32.6. The minimum Gasteiger partial charge on any atom is -0.375 e. The summed E-state index contributed by atoms with van der Waals surface area (Å²) in [7, 11) is 0. The highest BCUT2D eigenvalue weighted by atomic mass is 16.5. The van der Waals surface area contributed by atoms with Crippen LogP contribution in [0.3, 0.4) is 0 Å². The molecule has 1 amide bonds. The first-order valence-electron chi connectivity index (χ1n) is 7.71. The highest BCUT2D eigenvalue weighted by Gasteiger charge is 2.33. The lowest BCUT2D eigenvalue weighted by atomic mass is 9.89. The molecule has 2 heterocycles. The summed E-state index contributed by atoms with van der Waals surface area (Å²) >= 11 is 0. The standard InChI is InChI=1S/C15H28N2O2/c1-11(2)9-13-5-4-7-17(10-13)15(18)14-12(3)19-8-6-16-14/h11-14,16H,4-10H2,1-3H3/t12-,13?,14+/m1/s1. The molecule has 0 saturated carbocycles. The molecule has 0 aromatic carbocycles. The number of hydrogen-bond donors (Lipinski definition) is 1. The van der Waals surface area contributed by atoms with E-state index >= 15 is 0 Å². The summed E-state index contributed by atoms with van der Waals surface area (Å²) in [6.07, 6.45) is 3.64. The van der Waals surface area contributed by atoms with Crippen molar-refractivity contribution in [3.05, 3.63) is 0 Å². The van der Waals surface area contributed by atoms with Crippen LogP contribution in [0.5, 0.6) is 0 Å². The lowest BCUT2D eigenvalue weighted by Gasteiger charge is -2.38. The Hall–Kier alpha value is -0.610. The number of carbonyl (C=O) groups excluding carboxylic acids is 1. The minimum absolute atomic E-state index is 0.00766. The number of ether oxygens (including phenoxy) is 1. The smallest absolute Gasteiger partial charge is 0.242 e. The number of rotatable bonds is 3. The zero-order valence-corrected chi connectivity index (χ0v) is 12.5. The van der Waals surface area contributed by atoms with Gasteiger partial charge in [-0.05, 0) is 38.0 Å². The van der Waals surface area contributed by atoms with E-state index in [1.54, 1.807) is 0 Å². The SMILES string of the molecule is CC(C)CC1CCCN(C(=O)[C@H]2NCCO[C@@H]2C)C1. The number of amides is 1. The van der Waals surface area contributed by atoms with Gasteiger partial charge in [-0.2, -0.15) is 0 Å². The average Bonchev–Trinajstić information content (AvgIpc) is 2.38. The second-order valence-electron chi connectivity index (χ2n) is 6.43. The van der Waals surface area contributed by atoms with Crippen LogP contribution in [0.15, 0.2) is 0 Å². The summed E-state index contributed by atoms with van der Waals surface area (Å²) in [6.45, 7) is 9.86. The average molecular weight is 268 g/mol. The van der Waals surface area contributed by atoms with E-state index in [0.717, 1.165) is 32.0 Å². The summed E-state index contributed by atoms with van der Waals surface area (Å²) < 4.78 is 5.58. The first-order chi connectivity index (χ1) is 9.08. The fourth-order valence-electron chi connectivity index (χ4n) is 3.33. The third kappa shape index (κ3) is 3.93. The molecule has 2 saturated heterocycles. The van der Waals surface area contributed by atoms with E-state index in [1.165, 1.54) is 12.8 Å². The zero-order valence-electron chi connectivity index (χ0n) is 12.5. The van der Waals surface area contributed by atoms with Crippen molar-refractivity contribution in [1.29, 1.82) is 0 Å². The molecule has 0 aromatic rings. The van der Waals surface area contributed by atoms with E-state index in [2.05, 4.69) is 24.1 Å². The largest absolute Gasteiger partial charge is 0.375 e. The summed E-state index contributed by atoms with van der Waals surface area (Å²) in [5.74, 6) is 1.63. The number of nitrogens with zero attached hydrogens (tertiary/aromatic N) is 1. The summed E-state index contributed by atoms with van der Waals surface area (Å²) in [6, 6.07) is -0.147. The summed E-state index contributed by atoms with van der Waals surface area (Å²) in [5.41, 5.74) is 0. The Bertz CT molecular complexity index is 307. The fraction of sp³-hybridized carbons (Fsp3) is 0.933. The molecule has 2 aliphatic rings. The molecule has 0 spiro atoms. The van der Waals surface area contributed by atoms with Crippen molar-refractivity contribution in [2.24, 2.45) is 11.8 Å². The minimum atomic E-state index is -0.147. The maximum Gasteiger partial charge on any atom is 0.242 e. The molecule has 0 radical (unpaired) electrons. The highest BCUT2D eigenvalue weighted by molar-refractivity contribution is 5.82. The molecule has 1 N–H and O–H groups in total. The predicted octanol–water partition coefficient (Wildman–Crippen LogP) is 1.65. The Morgan fingerprint density at radius 2 is 2.26 bits per heavy atom. The second-order valence-corrected chi connectivity index (χ2v) is 6.43. The van der Waals surface area contributed by atoms with Gasteiger partial charge in [-0.15, -0.1) is 0 Å². The molecule has 4 nitrogen and oxygen atoms in total. The van der Waals surface area contributed by atoms with E-state index in [1.807, 2.05) is 6.92 Å². The van der Waals surface area contributed by atoms with Crippen molar-refractivity contribution in [1.82, 2.24) is 10.2 Å². The molecular formula is C15H28N2O2. The van der Waals surface area contributed by atoms with E-state index < -0.39 is 0 Å². The van der Waals surface area contributed by atoms with Crippen molar-refractivity contribution >= 4 is 5.91 Å². The van der Waals surface area contributed by atoms with Gasteiger partial charge in [0.25, 0.3) is 0 Å². The van der Waals surface area contributed by atoms with Gasteiger partial charge < -0.3 is 15.0 Å².